The molecule has 0 aliphatic rings. The molecule has 21 heavy (non-hydrogen) atoms. The molecule has 2 aromatic carbocycles. The maximum Gasteiger partial charge on any atom is 0.119 e. The van der Waals surface area contributed by atoms with E-state index in [-0.39, 0.29) is 0 Å². The Balaban J connectivity index is 1.82. The molecule has 0 amide bonds. The fraction of sp³-hybridized carbons (Fsp3) is 0.235. The zero-order valence-electron chi connectivity index (χ0n) is 12.2. The first kappa shape index (κ1) is 14.7. The molecule has 0 spiro atoms. The molecule has 0 fully saturated rings. The Bertz CT molecular complexity index is 600. The highest BCUT2D eigenvalue weighted by Gasteiger charge is 2.02. The Labute approximate surface area is 125 Å². The maximum atomic E-state index is 8.78. The first-order chi connectivity index (χ1) is 10.2. The largest absolute Gasteiger partial charge is 0.497 e. The molecule has 0 heterocycles. The zero-order chi connectivity index (χ0) is 15.1. The van der Waals surface area contributed by atoms with Crippen molar-refractivity contribution < 1.29 is 9.47 Å². The van der Waals surface area contributed by atoms with Gasteiger partial charge in [-0.3, -0.25) is 0 Å². The average molecular weight is 282 g/mol. The van der Waals surface area contributed by atoms with Crippen molar-refractivity contribution in [2.45, 2.75) is 0 Å². The van der Waals surface area contributed by atoms with Gasteiger partial charge >= 0.3 is 0 Å². The average Bonchev–Trinajstić information content (AvgIpc) is 2.55. The number of rotatable bonds is 6. The smallest absolute Gasteiger partial charge is 0.119 e. The van der Waals surface area contributed by atoms with Gasteiger partial charge < -0.3 is 14.4 Å². The fourth-order valence-electron chi connectivity index (χ4n) is 1.89. The van der Waals surface area contributed by atoms with Gasteiger partial charge in [-0.15, -0.1) is 0 Å². The van der Waals surface area contributed by atoms with Gasteiger partial charge in [-0.1, -0.05) is 0 Å². The van der Waals surface area contributed by atoms with Crippen LogP contribution in [0.15, 0.2) is 48.5 Å². The highest BCUT2D eigenvalue weighted by Crippen LogP contribution is 2.17. The number of nitrogens with zero attached hydrogens (tertiary/aromatic N) is 2. The van der Waals surface area contributed by atoms with Gasteiger partial charge in [0.1, 0.15) is 18.1 Å². The topological polar surface area (TPSA) is 45.5 Å². The Morgan fingerprint density at radius 1 is 1.00 bits per heavy atom. The van der Waals surface area contributed by atoms with E-state index >= 15 is 0 Å². The number of ether oxygens (including phenoxy) is 2. The van der Waals surface area contributed by atoms with E-state index in [1.807, 2.05) is 55.6 Å². The minimum absolute atomic E-state index is 0.586. The van der Waals surface area contributed by atoms with E-state index < -0.39 is 0 Å². The number of hydrogen-bond donors (Lipinski definition) is 0. The highest BCUT2D eigenvalue weighted by atomic mass is 16.5. The number of likely N-dealkylation sites (N-methyl/N-ethyl adjacent to an activating group) is 1. The van der Waals surface area contributed by atoms with E-state index in [0.717, 1.165) is 23.7 Å². The number of hydrogen-bond acceptors (Lipinski definition) is 4. The summed E-state index contributed by atoms with van der Waals surface area (Å²) in [6, 6.07) is 17.1. The van der Waals surface area contributed by atoms with Crippen molar-refractivity contribution in [3.63, 3.8) is 0 Å². The van der Waals surface area contributed by atoms with Crippen LogP contribution in [0.2, 0.25) is 0 Å². The number of methoxy groups -OCH3 is 1. The third-order valence-corrected chi connectivity index (χ3v) is 3.19. The Hall–Kier alpha value is -2.67. The van der Waals surface area contributed by atoms with Crippen LogP contribution >= 0.6 is 0 Å². The second-order valence-corrected chi connectivity index (χ2v) is 4.60. The van der Waals surface area contributed by atoms with Gasteiger partial charge in [0.05, 0.1) is 25.3 Å². The summed E-state index contributed by atoms with van der Waals surface area (Å²) in [6.45, 7) is 1.35. The summed E-state index contributed by atoms with van der Waals surface area (Å²) in [4.78, 5) is 2.09. The van der Waals surface area contributed by atoms with Crippen molar-refractivity contribution in [2.24, 2.45) is 0 Å². The molecule has 4 nitrogen and oxygen atoms in total. The van der Waals surface area contributed by atoms with Crippen LogP contribution in [0.1, 0.15) is 5.56 Å². The van der Waals surface area contributed by atoms with E-state index in [0.29, 0.717) is 12.2 Å². The highest BCUT2D eigenvalue weighted by molar-refractivity contribution is 5.49. The lowest BCUT2D eigenvalue weighted by Crippen LogP contribution is -2.23. The molecule has 0 aliphatic heterocycles. The first-order valence-corrected chi connectivity index (χ1v) is 6.71. The number of benzene rings is 2. The quantitative estimate of drug-likeness (QED) is 0.816. The molecule has 0 unspecified atom stereocenters. The number of nitriles is 1. The molecular formula is C17H18N2O2. The van der Waals surface area contributed by atoms with E-state index in [1.54, 1.807) is 7.11 Å². The van der Waals surface area contributed by atoms with Gasteiger partial charge in [-0.05, 0) is 48.5 Å². The monoisotopic (exact) mass is 282 g/mol. The molecule has 0 radical (unpaired) electrons. The van der Waals surface area contributed by atoms with Crippen molar-refractivity contribution in [2.75, 3.05) is 32.2 Å². The summed E-state index contributed by atoms with van der Waals surface area (Å²) < 4.78 is 10.8. The van der Waals surface area contributed by atoms with Gasteiger partial charge in [-0.2, -0.15) is 5.26 Å². The molecule has 0 aromatic heterocycles. The van der Waals surface area contributed by atoms with Crippen molar-refractivity contribution >= 4 is 5.69 Å². The third kappa shape index (κ3) is 4.15. The van der Waals surface area contributed by atoms with Gasteiger partial charge in [0.2, 0.25) is 0 Å². The standard InChI is InChI=1S/C17H18N2O2/c1-19(15-5-3-14(13-18)4-6-15)11-12-21-17-9-7-16(20-2)8-10-17/h3-10H,11-12H2,1-2H3. The van der Waals surface area contributed by atoms with Crippen molar-refractivity contribution in [3.8, 4) is 17.6 Å². The van der Waals surface area contributed by atoms with Crippen LogP contribution in [0.3, 0.4) is 0 Å². The molecule has 2 aromatic rings. The van der Waals surface area contributed by atoms with Crippen LogP contribution < -0.4 is 14.4 Å². The predicted octanol–water partition coefficient (Wildman–Crippen LogP) is 3.08. The Kier molecular flexibility index (Phi) is 5.05. The summed E-state index contributed by atoms with van der Waals surface area (Å²) in [5, 5.41) is 8.78. The lowest BCUT2D eigenvalue weighted by atomic mass is 10.2. The molecular weight excluding hydrogens is 264 g/mol. The SMILES string of the molecule is COc1ccc(OCCN(C)c2ccc(C#N)cc2)cc1. The van der Waals surface area contributed by atoms with Crippen LogP contribution in [0.4, 0.5) is 5.69 Å². The van der Waals surface area contributed by atoms with Crippen molar-refractivity contribution in [3.05, 3.63) is 54.1 Å². The van der Waals surface area contributed by atoms with Crippen LogP contribution in [0, 0.1) is 11.3 Å². The lowest BCUT2D eigenvalue weighted by molar-refractivity contribution is 0.325. The summed E-state index contributed by atoms with van der Waals surface area (Å²) in [5.74, 6) is 1.64. The van der Waals surface area contributed by atoms with E-state index in [1.165, 1.54) is 0 Å². The molecule has 0 saturated carbocycles. The molecule has 0 aliphatic carbocycles. The molecule has 0 N–H and O–H groups in total. The molecule has 0 saturated heterocycles. The second-order valence-electron chi connectivity index (χ2n) is 4.60. The van der Waals surface area contributed by atoms with Gasteiger partial charge in [0.15, 0.2) is 0 Å². The summed E-state index contributed by atoms with van der Waals surface area (Å²) in [5.41, 5.74) is 1.73. The molecule has 0 bridgehead atoms. The summed E-state index contributed by atoms with van der Waals surface area (Å²) in [6.07, 6.45) is 0. The minimum Gasteiger partial charge on any atom is -0.497 e. The zero-order valence-corrected chi connectivity index (χ0v) is 12.2. The molecule has 108 valence electrons. The van der Waals surface area contributed by atoms with Crippen LogP contribution in [0.25, 0.3) is 0 Å². The van der Waals surface area contributed by atoms with Crippen molar-refractivity contribution in [1.82, 2.24) is 0 Å². The fourth-order valence-corrected chi connectivity index (χ4v) is 1.89. The van der Waals surface area contributed by atoms with E-state index in [2.05, 4.69) is 11.0 Å². The van der Waals surface area contributed by atoms with E-state index in [4.69, 9.17) is 14.7 Å². The van der Waals surface area contributed by atoms with Crippen molar-refractivity contribution in [1.29, 1.82) is 5.26 Å². The van der Waals surface area contributed by atoms with Crippen LogP contribution in [-0.4, -0.2) is 27.3 Å². The first-order valence-electron chi connectivity index (χ1n) is 6.71. The number of anilines is 1. The second kappa shape index (κ2) is 7.20. The normalized spacial score (nSPS) is 9.76. The van der Waals surface area contributed by atoms with Crippen LogP contribution in [0.5, 0.6) is 11.5 Å². The van der Waals surface area contributed by atoms with Gasteiger partial charge in [-0.25, -0.2) is 0 Å². The summed E-state index contributed by atoms with van der Waals surface area (Å²) in [7, 11) is 3.64. The van der Waals surface area contributed by atoms with Crippen LogP contribution in [-0.2, 0) is 0 Å². The third-order valence-electron chi connectivity index (χ3n) is 3.19. The summed E-state index contributed by atoms with van der Waals surface area (Å²) >= 11 is 0. The lowest BCUT2D eigenvalue weighted by Gasteiger charge is -2.19. The molecule has 2 rings (SSSR count). The minimum atomic E-state index is 0.586. The van der Waals surface area contributed by atoms with Gasteiger partial charge in [0, 0.05) is 12.7 Å². The van der Waals surface area contributed by atoms with E-state index in [9.17, 15) is 0 Å². The Morgan fingerprint density at radius 2 is 1.62 bits per heavy atom. The molecule has 4 heteroatoms. The predicted molar refractivity (Wildman–Crippen MR) is 82.9 cm³/mol. The Morgan fingerprint density at radius 3 is 2.19 bits per heavy atom. The van der Waals surface area contributed by atoms with Gasteiger partial charge in [0.25, 0.3) is 0 Å². The molecule has 0 atom stereocenters. The maximum absolute atomic E-state index is 8.78.